The largest absolute Gasteiger partial charge is 0.365 e. The Morgan fingerprint density at radius 1 is 1.39 bits per heavy atom. The summed E-state index contributed by atoms with van der Waals surface area (Å²) in [6, 6.07) is 0. The van der Waals surface area contributed by atoms with Crippen LogP contribution in [0.2, 0.25) is 0 Å². The third kappa shape index (κ3) is 3.24. The number of rotatable bonds is 6. The van der Waals surface area contributed by atoms with Gasteiger partial charge in [0, 0.05) is 18.2 Å². The Balaban J connectivity index is 2.13. The fourth-order valence-electron chi connectivity index (χ4n) is 1.55. The van der Waals surface area contributed by atoms with Gasteiger partial charge in [-0.2, -0.15) is 11.8 Å². The van der Waals surface area contributed by atoms with E-state index in [1.807, 2.05) is 18.8 Å². The van der Waals surface area contributed by atoms with Crippen molar-refractivity contribution in [2.45, 2.75) is 26.0 Å². The average Bonchev–Trinajstić information content (AvgIpc) is 2.96. The molecule has 0 bridgehead atoms. The predicted molar refractivity (Wildman–Crippen MR) is 84.0 cm³/mol. The summed E-state index contributed by atoms with van der Waals surface area (Å²) in [5.74, 6) is 2.22. The van der Waals surface area contributed by atoms with E-state index in [0.29, 0.717) is 0 Å². The fourth-order valence-corrected chi connectivity index (χ4v) is 4.26. The van der Waals surface area contributed by atoms with Crippen molar-refractivity contribution in [1.29, 1.82) is 0 Å². The van der Waals surface area contributed by atoms with Gasteiger partial charge in [0.25, 0.3) is 0 Å². The molecule has 2 heterocycles. The predicted octanol–water partition coefficient (Wildman–Crippen LogP) is 4.26. The first kappa shape index (κ1) is 13.8. The maximum atomic E-state index is 4.64. The summed E-state index contributed by atoms with van der Waals surface area (Å²) in [5, 5.41) is 7.33. The summed E-state index contributed by atoms with van der Waals surface area (Å²) >= 11 is 5.36. The van der Waals surface area contributed by atoms with Crippen LogP contribution in [0.3, 0.4) is 0 Å². The Morgan fingerprint density at radius 2 is 2.22 bits per heavy atom. The maximum Gasteiger partial charge on any atom is 0.182 e. The quantitative estimate of drug-likeness (QED) is 0.809. The summed E-state index contributed by atoms with van der Waals surface area (Å²) in [6.45, 7) is 4.28. The number of anilines is 1. The van der Waals surface area contributed by atoms with Crippen LogP contribution in [0, 0.1) is 6.92 Å². The van der Waals surface area contributed by atoms with Gasteiger partial charge in [0.15, 0.2) is 5.13 Å². The van der Waals surface area contributed by atoms with Crippen LogP contribution < -0.4 is 5.32 Å². The van der Waals surface area contributed by atoms with Gasteiger partial charge in [-0.25, -0.2) is 9.97 Å². The second-order valence-corrected chi connectivity index (χ2v) is 6.91. The molecule has 2 rings (SSSR count). The standard InChI is InChI=1S/C12H17N3S3/c1-4-5-16-7-10-14-8(2)11(18-10)9-6-17-12(13-3)15-9/h6H,4-5,7H2,1-3H3,(H,13,15). The van der Waals surface area contributed by atoms with Gasteiger partial charge in [-0.3, -0.25) is 0 Å². The molecule has 2 aromatic heterocycles. The van der Waals surface area contributed by atoms with Crippen molar-refractivity contribution in [2.24, 2.45) is 0 Å². The molecule has 0 atom stereocenters. The Bertz CT molecular complexity index is 504. The van der Waals surface area contributed by atoms with Crippen LogP contribution in [0.4, 0.5) is 5.13 Å². The van der Waals surface area contributed by atoms with Crippen molar-refractivity contribution in [1.82, 2.24) is 9.97 Å². The molecule has 18 heavy (non-hydrogen) atoms. The van der Waals surface area contributed by atoms with Crippen molar-refractivity contribution in [3.05, 3.63) is 16.1 Å². The van der Waals surface area contributed by atoms with Crippen molar-refractivity contribution in [2.75, 3.05) is 18.1 Å². The van der Waals surface area contributed by atoms with E-state index < -0.39 is 0 Å². The molecule has 3 nitrogen and oxygen atoms in total. The van der Waals surface area contributed by atoms with Gasteiger partial charge < -0.3 is 5.32 Å². The Morgan fingerprint density at radius 3 is 2.89 bits per heavy atom. The van der Waals surface area contributed by atoms with Gasteiger partial charge in [-0.15, -0.1) is 22.7 Å². The Kier molecular flexibility index (Phi) is 5.03. The van der Waals surface area contributed by atoms with Crippen molar-refractivity contribution < 1.29 is 0 Å². The Hall–Kier alpha value is -0.590. The van der Waals surface area contributed by atoms with E-state index in [1.54, 1.807) is 22.7 Å². The van der Waals surface area contributed by atoms with E-state index in [4.69, 9.17) is 0 Å². The number of thiazole rings is 2. The van der Waals surface area contributed by atoms with Gasteiger partial charge in [0.1, 0.15) is 5.01 Å². The zero-order chi connectivity index (χ0) is 13.0. The highest BCUT2D eigenvalue weighted by Gasteiger charge is 2.12. The molecule has 0 aliphatic rings. The number of aromatic nitrogens is 2. The van der Waals surface area contributed by atoms with E-state index in [2.05, 4.69) is 34.5 Å². The molecule has 0 saturated carbocycles. The van der Waals surface area contributed by atoms with Crippen LogP contribution in [-0.4, -0.2) is 22.8 Å². The van der Waals surface area contributed by atoms with Gasteiger partial charge in [0.05, 0.1) is 16.3 Å². The SMILES string of the molecule is CCCSCc1nc(C)c(-c2csc(NC)n2)s1. The molecule has 0 saturated heterocycles. The van der Waals surface area contributed by atoms with Crippen molar-refractivity contribution in [3.63, 3.8) is 0 Å². The highest BCUT2D eigenvalue weighted by molar-refractivity contribution is 7.98. The lowest BCUT2D eigenvalue weighted by Crippen LogP contribution is -1.85. The third-order valence-corrected chi connectivity index (χ3v) is 5.76. The Labute approximate surface area is 120 Å². The van der Waals surface area contributed by atoms with Crippen LogP contribution in [0.15, 0.2) is 5.38 Å². The fraction of sp³-hybridized carbons (Fsp3) is 0.500. The van der Waals surface area contributed by atoms with Crippen LogP contribution in [0.5, 0.6) is 0 Å². The summed E-state index contributed by atoms with van der Waals surface area (Å²) in [5.41, 5.74) is 2.14. The molecule has 0 amide bonds. The highest BCUT2D eigenvalue weighted by atomic mass is 32.2. The molecule has 0 spiro atoms. The lowest BCUT2D eigenvalue weighted by atomic mass is 10.3. The van der Waals surface area contributed by atoms with Crippen molar-refractivity contribution >= 4 is 39.6 Å². The van der Waals surface area contributed by atoms with E-state index in [9.17, 15) is 0 Å². The van der Waals surface area contributed by atoms with Crippen LogP contribution in [0.1, 0.15) is 24.0 Å². The highest BCUT2D eigenvalue weighted by Crippen LogP contribution is 2.33. The molecular weight excluding hydrogens is 282 g/mol. The first-order chi connectivity index (χ1) is 8.74. The molecule has 0 unspecified atom stereocenters. The van der Waals surface area contributed by atoms with E-state index in [0.717, 1.165) is 22.3 Å². The topological polar surface area (TPSA) is 37.8 Å². The monoisotopic (exact) mass is 299 g/mol. The average molecular weight is 299 g/mol. The minimum atomic E-state index is 0.958. The minimum absolute atomic E-state index is 0.958. The number of nitrogens with one attached hydrogen (secondary N) is 1. The molecule has 0 aliphatic heterocycles. The molecule has 0 aromatic carbocycles. The zero-order valence-electron chi connectivity index (χ0n) is 10.8. The summed E-state index contributed by atoms with van der Waals surface area (Å²) in [7, 11) is 1.90. The normalized spacial score (nSPS) is 10.8. The second-order valence-electron chi connectivity index (χ2n) is 3.86. The lowest BCUT2D eigenvalue weighted by molar-refractivity contribution is 1.10. The smallest absolute Gasteiger partial charge is 0.182 e. The summed E-state index contributed by atoms with van der Waals surface area (Å²) in [6.07, 6.45) is 1.22. The number of hydrogen-bond acceptors (Lipinski definition) is 6. The second kappa shape index (κ2) is 6.54. The minimum Gasteiger partial charge on any atom is -0.365 e. The van der Waals surface area contributed by atoms with Gasteiger partial charge in [-0.05, 0) is 19.1 Å². The first-order valence-electron chi connectivity index (χ1n) is 5.92. The maximum absolute atomic E-state index is 4.64. The summed E-state index contributed by atoms with van der Waals surface area (Å²) < 4.78 is 0. The summed E-state index contributed by atoms with van der Waals surface area (Å²) in [4.78, 5) is 10.4. The molecule has 0 aliphatic carbocycles. The van der Waals surface area contributed by atoms with E-state index in [1.165, 1.54) is 22.1 Å². The lowest BCUT2D eigenvalue weighted by Gasteiger charge is -1.93. The van der Waals surface area contributed by atoms with Crippen LogP contribution in [-0.2, 0) is 5.75 Å². The van der Waals surface area contributed by atoms with Crippen LogP contribution >= 0.6 is 34.4 Å². The molecule has 2 aromatic rings. The van der Waals surface area contributed by atoms with Crippen molar-refractivity contribution in [3.8, 4) is 10.6 Å². The van der Waals surface area contributed by atoms with E-state index >= 15 is 0 Å². The number of nitrogens with zero attached hydrogens (tertiary/aromatic N) is 2. The zero-order valence-corrected chi connectivity index (χ0v) is 13.3. The van der Waals surface area contributed by atoms with Gasteiger partial charge in [0.2, 0.25) is 0 Å². The van der Waals surface area contributed by atoms with Gasteiger partial charge in [-0.1, -0.05) is 6.92 Å². The third-order valence-electron chi connectivity index (χ3n) is 2.37. The molecule has 1 N–H and O–H groups in total. The number of aryl methyl sites for hydroxylation is 1. The first-order valence-corrected chi connectivity index (χ1v) is 8.77. The van der Waals surface area contributed by atoms with E-state index in [-0.39, 0.29) is 0 Å². The molecule has 0 radical (unpaired) electrons. The van der Waals surface area contributed by atoms with Gasteiger partial charge >= 0.3 is 0 Å². The van der Waals surface area contributed by atoms with Crippen LogP contribution in [0.25, 0.3) is 10.6 Å². The number of hydrogen-bond donors (Lipinski definition) is 1. The molecule has 0 fully saturated rings. The molecular formula is C12H17N3S3. The number of thioether (sulfide) groups is 1. The molecule has 6 heteroatoms. The molecule has 98 valence electrons.